The standard InChI is InChI=1S/C10H15NO/c1-6-10-7(5-11(6)2)8-3-4-9(10)12-8/h3-4,6-10H,5H2,1-2H3. The summed E-state index contributed by atoms with van der Waals surface area (Å²) in [6.45, 7) is 3.54. The summed E-state index contributed by atoms with van der Waals surface area (Å²) in [5.74, 6) is 1.55. The van der Waals surface area contributed by atoms with Crippen molar-refractivity contribution in [2.24, 2.45) is 11.8 Å². The molecule has 2 heteroatoms. The van der Waals surface area contributed by atoms with E-state index in [-0.39, 0.29) is 0 Å². The van der Waals surface area contributed by atoms with Crippen LogP contribution in [0.25, 0.3) is 0 Å². The molecular weight excluding hydrogens is 150 g/mol. The minimum Gasteiger partial charge on any atom is -0.366 e. The number of nitrogens with zero attached hydrogens (tertiary/aromatic N) is 1. The van der Waals surface area contributed by atoms with Gasteiger partial charge in [0.1, 0.15) is 0 Å². The molecule has 12 heavy (non-hydrogen) atoms. The molecule has 3 heterocycles. The van der Waals surface area contributed by atoms with Crippen molar-refractivity contribution in [2.75, 3.05) is 13.6 Å². The van der Waals surface area contributed by atoms with Gasteiger partial charge in [-0.3, -0.25) is 0 Å². The summed E-state index contributed by atoms with van der Waals surface area (Å²) in [6, 6.07) is 0.704. The zero-order chi connectivity index (χ0) is 8.29. The molecular formula is C10H15NO. The van der Waals surface area contributed by atoms with Crippen LogP contribution in [0.5, 0.6) is 0 Å². The van der Waals surface area contributed by atoms with Gasteiger partial charge >= 0.3 is 0 Å². The molecule has 0 N–H and O–H groups in total. The Kier molecular flexibility index (Phi) is 1.25. The first-order valence-electron chi connectivity index (χ1n) is 4.81. The lowest BCUT2D eigenvalue weighted by atomic mass is 9.83. The first-order chi connectivity index (χ1) is 5.77. The van der Waals surface area contributed by atoms with Crippen LogP contribution >= 0.6 is 0 Å². The van der Waals surface area contributed by atoms with Crippen molar-refractivity contribution in [3.63, 3.8) is 0 Å². The SMILES string of the molecule is CC1C2C3C=CC(O3)C2CN1C. The minimum atomic E-state index is 0.431. The van der Waals surface area contributed by atoms with E-state index in [4.69, 9.17) is 4.74 Å². The fourth-order valence-electron chi connectivity index (χ4n) is 3.07. The van der Waals surface area contributed by atoms with E-state index in [1.54, 1.807) is 0 Å². The van der Waals surface area contributed by atoms with Crippen LogP contribution in [0.4, 0.5) is 0 Å². The highest BCUT2D eigenvalue weighted by Crippen LogP contribution is 2.46. The predicted molar refractivity (Wildman–Crippen MR) is 46.9 cm³/mol. The quantitative estimate of drug-likeness (QED) is 0.494. The summed E-state index contributed by atoms with van der Waals surface area (Å²) in [7, 11) is 2.22. The first kappa shape index (κ1) is 7.10. The second-order valence-corrected chi connectivity index (χ2v) is 4.37. The second-order valence-electron chi connectivity index (χ2n) is 4.37. The molecule has 2 nitrogen and oxygen atoms in total. The molecule has 2 saturated heterocycles. The molecule has 0 aromatic rings. The van der Waals surface area contributed by atoms with Crippen molar-refractivity contribution >= 4 is 0 Å². The van der Waals surface area contributed by atoms with Crippen molar-refractivity contribution in [1.29, 1.82) is 0 Å². The summed E-state index contributed by atoms with van der Waals surface area (Å²) in [6.07, 6.45) is 5.37. The summed E-state index contributed by atoms with van der Waals surface area (Å²) < 4.78 is 5.82. The largest absolute Gasteiger partial charge is 0.366 e. The van der Waals surface area contributed by atoms with Gasteiger partial charge in [0.2, 0.25) is 0 Å². The van der Waals surface area contributed by atoms with E-state index in [0.29, 0.717) is 18.2 Å². The summed E-state index contributed by atoms with van der Waals surface area (Å²) in [4.78, 5) is 2.46. The molecule has 0 aliphatic carbocycles. The molecule has 0 spiro atoms. The van der Waals surface area contributed by atoms with Gasteiger partial charge in [0.25, 0.3) is 0 Å². The van der Waals surface area contributed by atoms with Crippen molar-refractivity contribution in [3.05, 3.63) is 12.2 Å². The highest BCUT2D eigenvalue weighted by Gasteiger charge is 2.52. The highest BCUT2D eigenvalue weighted by molar-refractivity contribution is 5.18. The van der Waals surface area contributed by atoms with Gasteiger partial charge in [0.05, 0.1) is 12.2 Å². The van der Waals surface area contributed by atoms with E-state index >= 15 is 0 Å². The van der Waals surface area contributed by atoms with E-state index in [9.17, 15) is 0 Å². The first-order valence-corrected chi connectivity index (χ1v) is 4.81. The molecule has 66 valence electrons. The van der Waals surface area contributed by atoms with Crippen LogP contribution in [-0.2, 0) is 4.74 Å². The third-order valence-electron chi connectivity index (χ3n) is 3.85. The van der Waals surface area contributed by atoms with Gasteiger partial charge in [-0.15, -0.1) is 0 Å². The van der Waals surface area contributed by atoms with Gasteiger partial charge in [0.15, 0.2) is 0 Å². The topological polar surface area (TPSA) is 12.5 Å². The smallest absolute Gasteiger partial charge is 0.0812 e. The molecule has 3 rings (SSSR count). The molecule has 2 bridgehead atoms. The third kappa shape index (κ3) is 0.679. The average Bonchev–Trinajstić information content (AvgIpc) is 2.66. The summed E-state index contributed by atoms with van der Waals surface area (Å²) in [5, 5.41) is 0. The number of likely N-dealkylation sites (tertiary alicyclic amines) is 1. The van der Waals surface area contributed by atoms with Gasteiger partial charge in [0, 0.05) is 24.4 Å². The van der Waals surface area contributed by atoms with Crippen molar-refractivity contribution in [2.45, 2.75) is 25.2 Å². The van der Waals surface area contributed by atoms with Crippen LogP contribution in [0.1, 0.15) is 6.92 Å². The Morgan fingerprint density at radius 3 is 2.83 bits per heavy atom. The Labute approximate surface area is 73.2 Å². The lowest BCUT2D eigenvalue weighted by Crippen LogP contribution is -2.30. The number of hydrogen-bond donors (Lipinski definition) is 0. The Bertz CT molecular complexity index is 238. The lowest BCUT2D eigenvalue weighted by Gasteiger charge is -2.22. The van der Waals surface area contributed by atoms with Crippen molar-refractivity contribution in [1.82, 2.24) is 4.90 Å². The van der Waals surface area contributed by atoms with Gasteiger partial charge in [-0.05, 0) is 14.0 Å². The summed E-state index contributed by atoms with van der Waals surface area (Å²) in [5.41, 5.74) is 0. The average molecular weight is 165 g/mol. The number of ether oxygens (including phenoxy) is 1. The number of fused-ring (bicyclic) bond motifs is 5. The van der Waals surface area contributed by atoms with Crippen LogP contribution in [0.15, 0.2) is 12.2 Å². The fraction of sp³-hybridized carbons (Fsp3) is 0.800. The third-order valence-corrected chi connectivity index (χ3v) is 3.85. The van der Waals surface area contributed by atoms with E-state index in [1.165, 1.54) is 6.54 Å². The predicted octanol–water partition coefficient (Wildman–Crippen LogP) is 0.890. The van der Waals surface area contributed by atoms with Crippen LogP contribution in [0.2, 0.25) is 0 Å². The van der Waals surface area contributed by atoms with Gasteiger partial charge in [-0.1, -0.05) is 12.2 Å². The lowest BCUT2D eigenvalue weighted by molar-refractivity contribution is 0.0782. The van der Waals surface area contributed by atoms with Crippen LogP contribution < -0.4 is 0 Å². The Morgan fingerprint density at radius 1 is 1.33 bits per heavy atom. The molecule has 5 atom stereocenters. The molecule has 0 aromatic carbocycles. The van der Waals surface area contributed by atoms with E-state index < -0.39 is 0 Å². The Balaban J connectivity index is 1.94. The molecule has 0 aromatic heterocycles. The number of hydrogen-bond acceptors (Lipinski definition) is 2. The Hall–Kier alpha value is -0.340. The van der Waals surface area contributed by atoms with Crippen LogP contribution in [0.3, 0.4) is 0 Å². The van der Waals surface area contributed by atoms with Crippen LogP contribution in [-0.4, -0.2) is 36.7 Å². The molecule has 3 aliphatic rings. The van der Waals surface area contributed by atoms with Gasteiger partial charge in [-0.2, -0.15) is 0 Å². The molecule has 0 amide bonds. The van der Waals surface area contributed by atoms with Crippen molar-refractivity contribution < 1.29 is 4.74 Å². The number of rotatable bonds is 0. The van der Waals surface area contributed by atoms with E-state index in [2.05, 4.69) is 31.0 Å². The van der Waals surface area contributed by atoms with E-state index in [1.807, 2.05) is 0 Å². The maximum atomic E-state index is 5.82. The monoisotopic (exact) mass is 165 g/mol. The summed E-state index contributed by atoms with van der Waals surface area (Å²) >= 11 is 0. The second kappa shape index (κ2) is 2.12. The molecule has 3 aliphatic heterocycles. The van der Waals surface area contributed by atoms with Crippen molar-refractivity contribution in [3.8, 4) is 0 Å². The molecule has 0 saturated carbocycles. The maximum absolute atomic E-state index is 5.82. The maximum Gasteiger partial charge on any atom is 0.0812 e. The minimum absolute atomic E-state index is 0.431. The van der Waals surface area contributed by atoms with E-state index in [0.717, 1.165) is 11.8 Å². The Morgan fingerprint density at radius 2 is 2.08 bits per heavy atom. The molecule has 2 fully saturated rings. The zero-order valence-corrected chi connectivity index (χ0v) is 7.60. The van der Waals surface area contributed by atoms with Gasteiger partial charge < -0.3 is 9.64 Å². The van der Waals surface area contributed by atoms with Gasteiger partial charge in [-0.25, -0.2) is 0 Å². The molecule has 0 radical (unpaired) electrons. The zero-order valence-electron chi connectivity index (χ0n) is 7.60. The van der Waals surface area contributed by atoms with Crippen LogP contribution in [0, 0.1) is 11.8 Å². The molecule has 5 unspecified atom stereocenters. The normalized spacial score (nSPS) is 56.7. The fourth-order valence-corrected chi connectivity index (χ4v) is 3.07. The highest BCUT2D eigenvalue weighted by atomic mass is 16.5.